The summed E-state index contributed by atoms with van der Waals surface area (Å²) >= 11 is 0. The zero-order valence-corrected chi connectivity index (χ0v) is 23.2. The van der Waals surface area contributed by atoms with Gasteiger partial charge in [0.25, 0.3) is 0 Å². The van der Waals surface area contributed by atoms with Gasteiger partial charge in [0.1, 0.15) is 6.29 Å². The smallest absolute Gasteiger partial charge is 0.343 e. The number of nitrogens with zero attached hydrogens (tertiary/aromatic N) is 3. The average molecular weight is 560 g/mol. The Bertz CT molecular complexity index is 1490. The first-order valence-electron chi connectivity index (χ1n) is 13.3. The first-order valence-corrected chi connectivity index (χ1v) is 13.3. The fraction of sp³-hybridized carbons (Fsp3) is 0.242. The van der Waals surface area contributed by atoms with Crippen LogP contribution >= 0.6 is 0 Å². The van der Waals surface area contributed by atoms with E-state index in [9.17, 15) is 22.8 Å². The number of alkyl halides is 3. The molecule has 5 nitrogen and oxygen atoms in total. The predicted octanol–water partition coefficient (Wildman–Crippen LogP) is 7.61. The second-order valence-electron chi connectivity index (χ2n) is 10.1. The van der Waals surface area contributed by atoms with Gasteiger partial charge in [0.15, 0.2) is 0 Å². The maximum atomic E-state index is 13.0. The number of carbonyl (C=O) groups is 2. The SMILES string of the molecule is CC1(C=O)CCc2ccc(-c3ccncc3)cc21.CCN(C=O)c1ccc(C(F)(F)F)cc1N(C)c1ccccc1. The molecule has 1 atom stereocenters. The molecule has 0 aliphatic heterocycles. The molecule has 0 spiro atoms. The minimum Gasteiger partial charge on any atom is -0.343 e. The number of hydrogen-bond acceptors (Lipinski definition) is 4. The molecule has 0 fully saturated rings. The molecule has 1 amide bonds. The Kier molecular flexibility index (Phi) is 8.91. The number of carbonyl (C=O) groups excluding carboxylic acids is 2. The maximum absolute atomic E-state index is 13.0. The highest BCUT2D eigenvalue weighted by molar-refractivity contribution is 5.86. The number of anilines is 3. The third-order valence-electron chi connectivity index (χ3n) is 7.50. The largest absolute Gasteiger partial charge is 0.416 e. The molecule has 4 aromatic rings. The van der Waals surface area contributed by atoms with Crippen molar-refractivity contribution in [2.45, 2.75) is 38.3 Å². The summed E-state index contributed by atoms with van der Waals surface area (Å²) in [6.07, 6.45) is 2.78. The van der Waals surface area contributed by atoms with Crippen molar-refractivity contribution in [1.82, 2.24) is 4.98 Å². The highest BCUT2D eigenvalue weighted by Crippen LogP contribution is 2.40. The number of amides is 1. The number of aldehydes is 1. The van der Waals surface area contributed by atoms with Gasteiger partial charge >= 0.3 is 6.18 Å². The third-order valence-corrected chi connectivity index (χ3v) is 7.50. The van der Waals surface area contributed by atoms with Crippen molar-refractivity contribution in [1.29, 1.82) is 0 Å². The summed E-state index contributed by atoms with van der Waals surface area (Å²) in [5.41, 5.74) is 5.23. The molecule has 0 N–H and O–H groups in total. The van der Waals surface area contributed by atoms with Gasteiger partial charge < -0.3 is 14.6 Å². The molecule has 0 radical (unpaired) electrons. The van der Waals surface area contributed by atoms with Crippen molar-refractivity contribution in [3.63, 3.8) is 0 Å². The number of aryl methyl sites for hydroxylation is 1. The molecule has 1 aromatic heterocycles. The van der Waals surface area contributed by atoms with Crippen molar-refractivity contribution in [3.05, 3.63) is 108 Å². The van der Waals surface area contributed by atoms with E-state index in [0.717, 1.165) is 48.1 Å². The van der Waals surface area contributed by atoms with E-state index in [1.54, 1.807) is 55.5 Å². The molecule has 1 aliphatic carbocycles. The number of hydrogen-bond donors (Lipinski definition) is 0. The van der Waals surface area contributed by atoms with Crippen LogP contribution in [0.25, 0.3) is 11.1 Å². The van der Waals surface area contributed by atoms with E-state index in [2.05, 4.69) is 23.2 Å². The Morgan fingerprint density at radius 1 is 0.902 bits per heavy atom. The van der Waals surface area contributed by atoms with Crippen LogP contribution in [0.5, 0.6) is 0 Å². The van der Waals surface area contributed by atoms with Gasteiger partial charge in [0.05, 0.1) is 16.9 Å². The third kappa shape index (κ3) is 6.48. The molecule has 5 rings (SSSR count). The molecule has 0 bridgehead atoms. The number of pyridine rings is 1. The summed E-state index contributed by atoms with van der Waals surface area (Å²) in [4.78, 5) is 29.6. The zero-order valence-electron chi connectivity index (χ0n) is 23.2. The van der Waals surface area contributed by atoms with Gasteiger partial charge in [0.2, 0.25) is 6.41 Å². The van der Waals surface area contributed by atoms with Crippen LogP contribution in [-0.4, -0.2) is 31.3 Å². The monoisotopic (exact) mass is 559 g/mol. The number of fused-ring (bicyclic) bond motifs is 1. The number of benzene rings is 3. The summed E-state index contributed by atoms with van der Waals surface area (Å²) in [5.74, 6) is 0. The molecule has 1 unspecified atom stereocenters. The summed E-state index contributed by atoms with van der Waals surface area (Å²) in [6.45, 7) is 4.16. The van der Waals surface area contributed by atoms with Crippen LogP contribution in [-0.2, 0) is 27.6 Å². The zero-order chi connectivity index (χ0) is 29.6. The molecule has 0 saturated carbocycles. The second kappa shape index (κ2) is 12.4. The van der Waals surface area contributed by atoms with Crippen LogP contribution in [0.1, 0.15) is 37.0 Å². The van der Waals surface area contributed by atoms with Gasteiger partial charge in [-0.3, -0.25) is 9.78 Å². The van der Waals surface area contributed by atoms with E-state index in [1.165, 1.54) is 22.1 Å². The number of rotatable bonds is 7. The minimum absolute atomic E-state index is 0.307. The molecule has 8 heteroatoms. The Balaban J connectivity index is 0.000000194. The lowest BCUT2D eigenvalue weighted by atomic mass is 9.84. The highest BCUT2D eigenvalue weighted by Gasteiger charge is 2.34. The van der Waals surface area contributed by atoms with Gasteiger partial charge in [-0.1, -0.05) is 30.3 Å². The van der Waals surface area contributed by atoms with Crippen LogP contribution in [0.3, 0.4) is 0 Å². The maximum Gasteiger partial charge on any atom is 0.416 e. The molecular formula is C33H32F3N3O2. The van der Waals surface area contributed by atoms with Crippen LogP contribution < -0.4 is 9.80 Å². The topological polar surface area (TPSA) is 53.5 Å². The molecule has 41 heavy (non-hydrogen) atoms. The number of halogens is 3. The van der Waals surface area contributed by atoms with E-state index >= 15 is 0 Å². The van der Waals surface area contributed by atoms with E-state index in [0.29, 0.717) is 24.3 Å². The quantitative estimate of drug-likeness (QED) is 0.219. The van der Waals surface area contributed by atoms with E-state index in [-0.39, 0.29) is 5.41 Å². The summed E-state index contributed by atoms with van der Waals surface area (Å²) in [6, 6.07) is 22.8. The molecule has 3 aromatic carbocycles. The van der Waals surface area contributed by atoms with Crippen molar-refractivity contribution < 1.29 is 22.8 Å². The van der Waals surface area contributed by atoms with E-state index in [1.807, 2.05) is 25.1 Å². The minimum atomic E-state index is -4.44. The summed E-state index contributed by atoms with van der Waals surface area (Å²) < 4.78 is 39.1. The number of para-hydroxylation sites is 1. The molecule has 1 aliphatic rings. The summed E-state index contributed by atoms with van der Waals surface area (Å²) in [5, 5.41) is 0. The lowest BCUT2D eigenvalue weighted by Crippen LogP contribution is -2.24. The Hall–Kier alpha value is -4.46. The standard InChI is InChI=1S/C17H17F3N2O.C16H15NO/c1-3-22(12-23)15-10-9-13(17(18,19)20)11-16(15)21(2)14-7-5-4-6-8-14;1-16(11-18)7-4-13-2-3-14(10-15(13)16)12-5-8-17-9-6-12/h4-12H,3H2,1-2H3;2-3,5-6,8-11H,4,7H2,1H3. The lowest BCUT2D eigenvalue weighted by Gasteiger charge is -2.27. The normalized spacial score (nSPS) is 15.8. The average Bonchev–Trinajstić information content (AvgIpc) is 3.34. The van der Waals surface area contributed by atoms with Crippen LogP contribution in [0.2, 0.25) is 0 Å². The highest BCUT2D eigenvalue weighted by atomic mass is 19.4. The Morgan fingerprint density at radius 3 is 2.22 bits per heavy atom. The molecule has 0 saturated heterocycles. The van der Waals surface area contributed by atoms with Gasteiger partial charge in [-0.25, -0.2) is 0 Å². The van der Waals surface area contributed by atoms with E-state index < -0.39 is 11.7 Å². The van der Waals surface area contributed by atoms with Crippen LogP contribution in [0.15, 0.2) is 91.3 Å². The van der Waals surface area contributed by atoms with Gasteiger partial charge in [-0.2, -0.15) is 13.2 Å². The first kappa shape index (κ1) is 29.5. The number of aromatic nitrogens is 1. The van der Waals surface area contributed by atoms with Crippen molar-refractivity contribution in [2.24, 2.45) is 0 Å². The predicted molar refractivity (Wildman–Crippen MR) is 156 cm³/mol. The van der Waals surface area contributed by atoms with Crippen LogP contribution in [0, 0.1) is 0 Å². The molecule has 1 heterocycles. The first-order chi connectivity index (χ1) is 19.6. The van der Waals surface area contributed by atoms with Crippen molar-refractivity contribution in [3.8, 4) is 11.1 Å². The summed E-state index contributed by atoms with van der Waals surface area (Å²) in [7, 11) is 1.67. The Labute approximate surface area is 238 Å². The van der Waals surface area contributed by atoms with Gasteiger partial charge in [0, 0.05) is 37.1 Å². The van der Waals surface area contributed by atoms with Crippen molar-refractivity contribution >= 4 is 29.8 Å². The molecule has 212 valence electrons. The molecular weight excluding hydrogens is 527 g/mol. The fourth-order valence-corrected chi connectivity index (χ4v) is 5.01. The van der Waals surface area contributed by atoms with Crippen molar-refractivity contribution in [2.75, 3.05) is 23.4 Å². The van der Waals surface area contributed by atoms with Gasteiger partial charge in [-0.05, 0) is 97.5 Å². The van der Waals surface area contributed by atoms with E-state index in [4.69, 9.17) is 0 Å². The van der Waals surface area contributed by atoms with Crippen LogP contribution in [0.4, 0.5) is 30.2 Å². The second-order valence-corrected chi connectivity index (χ2v) is 10.1. The Morgan fingerprint density at radius 2 is 1.61 bits per heavy atom. The lowest BCUT2D eigenvalue weighted by molar-refractivity contribution is -0.137. The fourth-order valence-electron chi connectivity index (χ4n) is 5.01. The van der Waals surface area contributed by atoms with Gasteiger partial charge in [-0.15, -0.1) is 0 Å².